The first-order valence-corrected chi connectivity index (χ1v) is 13.0. The molecule has 1 aromatic carbocycles. The molecule has 0 radical (unpaired) electrons. The predicted molar refractivity (Wildman–Crippen MR) is 134 cm³/mol. The van der Waals surface area contributed by atoms with Gasteiger partial charge in [0.25, 0.3) is 5.91 Å². The summed E-state index contributed by atoms with van der Waals surface area (Å²) in [5, 5.41) is 14.3. The summed E-state index contributed by atoms with van der Waals surface area (Å²) in [4.78, 5) is 63.2. The summed E-state index contributed by atoms with van der Waals surface area (Å²) in [5.74, 6) is -2.28. The molecule has 0 aliphatic carbocycles. The summed E-state index contributed by atoms with van der Waals surface area (Å²) in [5.41, 5.74) is 0.594. The van der Waals surface area contributed by atoms with Gasteiger partial charge in [0.15, 0.2) is 0 Å². The van der Waals surface area contributed by atoms with Crippen LogP contribution in [0.3, 0.4) is 0 Å². The quantitative estimate of drug-likeness (QED) is 0.337. The monoisotopic (exact) mass is 547 g/mol. The van der Waals surface area contributed by atoms with E-state index >= 15 is 0 Å². The molecule has 3 aliphatic rings. The van der Waals surface area contributed by atoms with Gasteiger partial charge in [-0.3, -0.25) is 19.3 Å². The standard InChI is InChI=1S/C25H29N3O9S/c1-12(29)36-10-15-11-38-22-18(21(31)28(22)19(15)23(32)33)26-20(30)17(27-24(34)37-25(2,3)4)14-5-6-16-13(9-14)7-8-35-16/h5-6,9,17-18,22H,7-8,10-11H2,1-4H3,(H,26,30)(H,27,34)(H,32,33)/t17-,18?,22?/m1/s1. The van der Waals surface area contributed by atoms with E-state index in [1.54, 1.807) is 39.0 Å². The molecule has 1 fully saturated rings. The van der Waals surface area contributed by atoms with Gasteiger partial charge in [-0.15, -0.1) is 11.8 Å². The lowest BCUT2D eigenvalue weighted by atomic mass is 9.99. The molecule has 0 spiro atoms. The molecule has 0 saturated carbocycles. The van der Waals surface area contributed by atoms with Gasteiger partial charge in [0, 0.05) is 24.7 Å². The number of benzene rings is 1. The summed E-state index contributed by atoms with van der Waals surface area (Å²) in [6.45, 7) is 6.55. The van der Waals surface area contributed by atoms with Crippen LogP contribution in [0, 0.1) is 0 Å². The number of alkyl carbamates (subject to hydrolysis) is 1. The fourth-order valence-electron chi connectivity index (χ4n) is 4.33. The molecule has 12 nitrogen and oxygen atoms in total. The van der Waals surface area contributed by atoms with Crippen LogP contribution >= 0.6 is 11.8 Å². The largest absolute Gasteiger partial charge is 0.493 e. The van der Waals surface area contributed by atoms with Gasteiger partial charge in [-0.05, 0) is 44.0 Å². The van der Waals surface area contributed by atoms with Gasteiger partial charge in [0.2, 0.25) is 5.91 Å². The number of ether oxygens (including phenoxy) is 3. The molecule has 0 bridgehead atoms. The number of carboxylic acids is 1. The van der Waals surface area contributed by atoms with E-state index in [1.807, 2.05) is 0 Å². The minimum absolute atomic E-state index is 0.195. The van der Waals surface area contributed by atoms with Crippen LogP contribution in [0.25, 0.3) is 0 Å². The molecule has 3 atom stereocenters. The van der Waals surface area contributed by atoms with Crippen molar-refractivity contribution in [3.63, 3.8) is 0 Å². The molecule has 1 saturated heterocycles. The summed E-state index contributed by atoms with van der Waals surface area (Å²) in [7, 11) is 0. The van der Waals surface area contributed by atoms with Crippen molar-refractivity contribution in [2.24, 2.45) is 0 Å². The van der Waals surface area contributed by atoms with E-state index in [0.29, 0.717) is 24.3 Å². The number of carboxylic acid groups (broad SMARTS) is 1. The average Bonchev–Trinajstić information content (AvgIpc) is 3.30. The molecule has 4 rings (SSSR count). The molecule has 2 unspecified atom stereocenters. The highest BCUT2D eigenvalue weighted by molar-refractivity contribution is 8.00. The SMILES string of the molecule is CC(=O)OCC1=C(C(=O)O)N2C(=O)C(NC(=O)[C@H](NC(=O)OC(C)(C)C)c3ccc4c(c3)CCO4)C2SC1. The highest BCUT2D eigenvalue weighted by Gasteiger charge is 2.54. The Kier molecular flexibility index (Phi) is 7.58. The van der Waals surface area contributed by atoms with Crippen LogP contribution in [0.4, 0.5) is 4.79 Å². The zero-order valence-corrected chi connectivity index (χ0v) is 22.2. The molecule has 3 aliphatic heterocycles. The number of rotatable bonds is 7. The number of esters is 1. The first-order chi connectivity index (χ1) is 17.9. The first-order valence-electron chi connectivity index (χ1n) is 11.9. The van der Waals surface area contributed by atoms with Gasteiger partial charge in [-0.2, -0.15) is 0 Å². The molecule has 204 valence electrons. The Bertz CT molecular complexity index is 1220. The zero-order valence-electron chi connectivity index (χ0n) is 21.4. The molecule has 13 heteroatoms. The first kappa shape index (κ1) is 27.3. The van der Waals surface area contributed by atoms with Crippen molar-refractivity contribution < 1.29 is 43.3 Å². The summed E-state index contributed by atoms with van der Waals surface area (Å²) >= 11 is 1.24. The van der Waals surface area contributed by atoms with Crippen LogP contribution in [-0.4, -0.2) is 75.8 Å². The van der Waals surface area contributed by atoms with Crippen LogP contribution in [0.2, 0.25) is 0 Å². The predicted octanol–water partition coefficient (Wildman–Crippen LogP) is 1.49. The summed E-state index contributed by atoms with van der Waals surface area (Å²) in [6.07, 6.45) is -0.159. The van der Waals surface area contributed by atoms with E-state index in [-0.39, 0.29) is 23.6 Å². The third-order valence-corrected chi connectivity index (χ3v) is 7.31. The zero-order chi connectivity index (χ0) is 27.8. The number of amides is 3. The van der Waals surface area contributed by atoms with E-state index < -0.39 is 52.9 Å². The number of fused-ring (bicyclic) bond motifs is 2. The van der Waals surface area contributed by atoms with E-state index in [4.69, 9.17) is 14.2 Å². The lowest BCUT2D eigenvalue weighted by Gasteiger charge is -2.49. The lowest BCUT2D eigenvalue weighted by molar-refractivity contribution is -0.151. The Balaban J connectivity index is 1.54. The third-order valence-electron chi connectivity index (χ3n) is 5.97. The van der Waals surface area contributed by atoms with E-state index in [2.05, 4.69) is 10.6 Å². The Hall–Kier alpha value is -3.74. The van der Waals surface area contributed by atoms with Crippen LogP contribution in [0.1, 0.15) is 44.9 Å². The molecule has 0 aromatic heterocycles. The molecule has 3 N–H and O–H groups in total. The van der Waals surface area contributed by atoms with Crippen molar-refractivity contribution in [2.75, 3.05) is 19.0 Å². The summed E-state index contributed by atoms with van der Waals surface area (Å²) < 4.78 is 15.8. The number of hydrogen-bond acceptors (Lipinski definition) is 9. The molecular weight excluding hydrogens is 518 g/mol. The fourth-order valence-corrected chi connectivity index (χ4v) is 5.66. The van der Waals surface area contributed by atoms with Gasteiger partial charge < -0.3 is 30.0 Å². The van der Waals surface area contributed by atoms with Crippen LogP contribution in [-0.2, 0) is 35.1 Å². The average molecular weight is 548 g/mol. The second kappa shape index (κ2) is 10.6. The number of hydrogen-bond donors (Lipinski definition) is 3. The minimum atomic E-state index is -1.33. The topological polar surface area (TPSA) is 161 Å². The van der Waals surface area contributed by atoms with Gasteiger partial charge in [-0.1, -0.05) is 6.07 Å². The number of β-lactam (4-membered cyclic amide) rings is 1. The number of carbonyl (C=O) groups is 5. The molecular formula is C25H29N3O9S. The maximum Gasteiger partial charge on any atom is 0.408 e. The number of nitrogens with zero attached hydrogens (tertiary/aromatic N) is 1. The molecule has 1 aromatic rings. The molecule has 3 amide bonds. The van der Waals surface area contributed by atoms with Crippen molar-refractivity contribution in [3.05, 3.63) is 40.6 Å². The lowest BCUT2D eigenvalue weighted by Crippen LogP contribution is -2.71. The third kappa shape index (κ3) is 5.72. The van der Waals surface area contributed by atoms with Gasteiger partial charge in [-0.25, -0.2) is 9.59 Å². The normalized spacial score (nSPS) is 20.8. The van der Waals surface area contributed by atoms with Gasteiger partial charge in [0.05, 0.1) is 6.61 Å². The minimum Gasteiger partial charge on any atom is -0.493 e. The van der Waals surface area contributed by atoms with Crippen molar-refractivity contribution in [2.45, 2.75) is 57.2 Å². The summed E-state index contributed by atoms with van der Waals surface area (Å²) in [6, 6.07) is 2.94. The van der Waals surface area contributed by atoms with Crippen molar-refractivity contribution in [1.82, 2.24) is 15.5 Å². The van der Waals surface area contributed by atoms with E-state index in [9.17, 15) is 29.1 Å². The van der Waals surface area contributed by atoms with Crippen molar-refractivity contribution >= 4 is 41.6 Å². The maximum atomic E-state index is 13.4. The second-order valence-corrected chi connectivity index (χ2v) is 11.1. The fraction of sp³-hybridized carbons (Fsp3) is 0.480. The Labute approximate surface area is 223 Å². The Morgan fingerprint density at radius 3 is 2.66 bits per heavy atom. The van der Waals surface area contributed by atoms with E-state index in [0.717, 1.165) is 10.5 Å². The number of carbonyl (C=O) groups excluding carboxylic acids is 4. The van der Waals surface area contributed by atoms with Crippen LogP contribution < -0.4 is 15.4 Å². The number of nitrogens with one attached hydrogen (secondary N) is 2. The smallest absolute Gasteiger partial charge is 0.408 e. The second-order valence-electron chi connectivity index (χ2n) is 9.98. The molecule has 3 heterocycles. The van der Waals surface area contributed by atoms with Gasteiger partial charge in [0.1, 0.15) is 41.1 Å². The van der Waals surface area contributed by atoms with Crippen LogP contribution in [0.15, 0.2) is 29.5 Å². The highest BCUT2D eigenvalue weighted by atomic mass is 32.2. The van der Waals surface area contributed by atoms with Gasteiger partial charge >= 0.3 is 18.0 Å². The highest BCUT2D eigenvalue weighted by Crippen LogP contribution is 2.40. The Morgan fingerprint density at radius 2 is 2.00 bits per heavy atom. The van der Waals surface area contributed by atoms with Crippen molar-refractivity contribution in [1.29, 1.82) is 0 Å². The van der Waals surface area contributed by atoms with E-state index in [1.165, 1.54) is 18.7 Å². The van der Waals surface area contributed by atoms with Crippen LogP contribution in [0.5, 0.6) is 5.75 Å². The molecule has 38 heavy (non-hydrogen) atoms. The van der Waals surface area contributed by atoms with Crippen molar-refractivity contribution in [3.8, 4) is 5.75 Å². The Morgan fingerprint density at radius 1 is 1.26 bits per heavy atom. The maximum absolute atomic E-state index is 13.4. The number of aliphatic carboxylic acids is 1. The number of thioether (sulfide) groups is 1.